The highest BCUT2D eigenvalue weighted by atomic mass is 79.9. The summed E-state index contributed by atoms with van der Waals surface area (Å²) >= 11 is 3.20. The van der Waals surface area contributed by atoms with Gasteiger partial charge in [0.1, 0.15) is 0 Å². The summed E-state index contributed by atoms with van der Waals surface area (Å²) < 4.78 is 3.93. The van der Waals surface area contributed by atoms with Crippen LogP contribution in [0.2, 0.25) is 0 Å². The van der Waals surface area contributed by atoms with Crippen LogP contribution in [0.3, 0.4) is 0 Å². The number of hydrogen-bond donors (Lipinski definition) is 0. The molecular formula is C16H27BrO3. The van der Waals surface area contributed by atoms with Crippen LogP contribution in [0.4, 0.5) is 0 Å². The zero-order valence-electron chi connectivity index (χ0n) is 12.8. The number of ether oxygens (including phenoxy) is 1. The van der Waals surface area contributed by atoms with Crippen LogP contribution in [0.1, 0.15) is 71.6 Å². The molecule has 0 spiro atoms. The van der Waals surface area contributed by atoms with Crippen molar-refractivity contribution in [2.75, 3.05) is 0 Å². The minimum Gasteiger partial charge on any atom is -0.437 e. The molecule has 0 saturated carbocycles. The van der Waals surface area contributed by atoms with Gasteiger partial charge in [0, 0.05) is 12.0 Å². The lowest BCUT2D eigenvalue weighted by Gasteiger charge is -2.21. The Morgan fingerprint density at radius 3 is 2.10 bits per heavy atom. The molecule has 0 aromatic carbocycles. The van der Waals surface area contributed by atoms with E-state index in [2.05, 4.69) is 29.4 Å². The molecule has 0 radical (unpaired) electrons. The van der Waals surface area contributed by atoms with Crippen molar-refractivity contribution in [3.63, 3.8) is 0 Å². The van der Waals surface area contributed by atoms with E-state index in [0.29, 0.717) is 18.3 Å². The van der Waals surface area contributed by atoms with Crippen LogP contribution in [0.15, 0.2) is 12.2 Å². The molecule has 0 aliphatic heterocycles. The fourth-order valence-electron chi connectivity index (χ4n) is 1.88. The minimum atomic E-state index is -1.19. The first-order valence-corrected chi connectivity index (χ1v) is 8.28. The maximum absolute atomic E-state index is 11.4. The Morgan fingerprint density at radius 2 is 1.65 bits per heavy atom. The first-order valence-electron chi connectivity index (χ1n) is 7.49. The van der Waals surface area contributed by atoms with Crippen molar-refractivity contribution >= 4 is 28.2 Å². The van der Waals surface area contributed by atoms with Crippen molar-refractivity contribution in [2.45, 2.75) is 76.1 Å². The van der Waals surface area contributed by atoms with Crippen LogP contribution in [-0.4, -0.2) is 16.8 Å². The number of esters is 1. The molecule has 0 N–H and O–H groups in total. The van der Waals surface area contributed by atoms with Gasteiger partial charge < -0.3 is 4.74 Å². The topological polar surface area (TPSA) is 43.4 Å². The largest absolute Gasteiger partial charge is 0.437 e. The molecule has 1 unspecified atom stereocenters. The maximum Gasteiger partial charge on any atom is 0.334 e. The highest BCUT2D eigenvalue weighted by Crippen LogP contribution is 2.26. The molecule has 116 valence electrons. The summed E-state index contributed by atoms with van der Waals surface area (Å²) in [5.74, 6) is -0.534. The standard InChI is InChI=1S/C16H27BrO3/c1-4-5-6-7-8-9-10-11-12-16(17,13-18)20-15(19)14(2)3/h13H,2,4-12H2,1,3H3. The Bertz CT molecular complexity index is 315. The van der Waals surface area contributed by atoms with Crippen LogP contribution >= 0.6 is 15.9 Å². The third kappa shape index (κ3) is 9.29. The number of hydrogen-bond acceptors (Lipinski definition) is 3. The zero-order valence-corrected chi connectivity index (χ0v) is 14.3. The van der Waals surface area contributed by atoms with Crippen molar-refractivity contribution in [1.29, 1.82) is 0 Å². The summed E-state index contributed by atoms with van der Waals surface area (Å²) in [6, 6.07) is 0. The van der Waals surface area contributed by atoms with Crippen LogP contribution in [-0.2, 0) is 14.3 Å². The number of carbonyl (C=O) groups excluding carboxylic acids is 2. The van der Waals surface area contributed by atoms with E-state index in [1.165, 1.54) is 38.5 Å². The van der Waals surface area contributed by atoms with Gasteiger partial charge in [-0.2, -0.15) is 0 Å². The third-order valence-corrected chi connectivity index (χ3v) is 3.90. The molecule has 0 aromatic heterocycles. The fraction of sp³-hybridized carbons (Fsp3) is 0.750. The van der Waals surface area contributed by atoms with Crippen molar-refractivity contribution in [3.8, 4) is 0 Å². The van der Waals surface area contributed by atoms with E-state index in [1.54, 1.807) is 6.92 Å². The molecule has 0 amide bonds. The average Bonchev–Trinajstić information content (AvgIpc) is 2.41. The minimum absolute atomic E-state index is 0.298. The molecule has 0 aliphatic rings. The molecule has 0 fully saturated rings. The summed E-state index contributed by atoms with van der Waals surface area (Å²) in [6.45, 7) is 7.28. The molecule has 0 rings (SSSR count). The van der Waals surface area contributed by atoms with Crippen LogP contribution < -0.4 is 0 Å². The lowest BCUT2D eigenvalue weighted by molar-refractivity contribution is -0.150. The average molecular weight is 347 g/mol. The molecule has 4 heteroatoms. The summed E-state index contributed by atoms with van der Waals surface area (Å²) in [4.78, 5) is 22.5. The Balaban J connectivity index is 3.81. The van der Waals surface area contributed by atoms with Gasteiger partial charge in [-0.1, -0.05) is 58.4 Å². The summed E-state index contributed by atoms with van der Waals surface area (Å²) in [7, 11) is 0. The second-order valence-corrected chi connectivity index (χ2v) is 6.64. The zero-order chi connectivity index (χ0) is 15.4. The summed E-state index contributed by atoms with van der Waals surface area (Å²) in [6.07, 6.45) is 10.6. The Labute approximate surface area is 131 Å². The Hall–Kier alpha value is -0.640. The van der Waals surface area contributed by atoms with Gasteiger partial charge >= 0.3 is 5.97 Å². The van der Waals surface area contributed by atoms with E-state index in [4.69, 9.17) is 4.74 Å². The number of carbonyl (C=O) groups is 2. The number of halogens is 1. The number of rotatable bonds is 12. The van der Waals surface area contributed by atoms with E-state index in [0.717, 1.165) is 12.8 Å². The highest BCUT2D eigenvalue weighted by molar-refractivity contribution is 9.10. The molecule has 1 atom stereocenters. The van der Waals surface area contributed by atoms with E-state index < -0.39 is 10.5 Å². The van der Waals surface area contributed by atoms with Gasteiger partial charge in [0.15, 0.2) is 6.29 Å². The molecule has 3 nitrogen and oxygen atoms in total. The smallest absolute Gasteiger partial charge is 0.334 e. The van der Waals surface area contributed by atoms with Gasteiger partial charge in [0.2, 0.25) is 4.51 Å². The Kier molecular flexibility index (Phi) is 10.7. The summed E-state index contributed by atoms with van der Waals surface area (Å²) in [5.41, 5.74) is 0.298. The molecule has 0 aromatic rings. The SMILES string of the molecule is C=C(C)C(=O)OC(Br)(C=O)CCCCCCCCCC. The predicted molar refractivity (Wildman–Crippen MR) is 85.9 cm³/mol. The molecule has 20 heavy (non-hydrogen) atoms. The number of alkyl halides is 1. The lowest BCUT2D eigenvalue weighted by atomic mass is 10.1. The van der Waals surface area contributed by atoms with Crippen molar-refractivity contribution in [2.24, 2.45) is 0 Å². The van der Waals surface area contributed by atoms with Crippen molar-refractivity contribution < 1.29 is 14.3 Å². The highest BCUT2D eigenvalue weighted by Gasteiger charge is 2.30. The first kappa shape index (κ1) is 19.4. The van der Waals surface area contributed by atoms with Crippen molar-refractivity contribution in [1.82, 2.24) is 0 Å². The van der Waals surface area contributed by atoms with Gasteiger partial charge in [0.05, 0.1) is 0 Å². The van der Waals surface area contributed by atoms with E-state index in [-0.39, 0.29) is 0 Å². The Morgan fingerprint density at radius 1 is 1.15 bits per heavy atom. The third-order valence-electron chi connectivity index (χ3n) is 3.16. The second kappa shape index (κ2) is 11.1. The molecule has 0 saturated heterocycles. The van der Waals surface area contributed by atoms with E-state index in [9.17, 15) is 9.59 Å². The maximum atomic E-state index is 11.4. The second-order valence-electron chi connectivity index (χ2n) is 5.30. The van der Waals surface area contributed by atoms with Gasteiger partial charge in [-0.15, -0.1) is 0 Å². The van der Waals surface area contributed by atoms with E-state index >= 15 is 0 Å². The summed E-state index contributed by atoms with van der Waals surface area (Å²) in [5, 5.41) is 0. The van der Waals surface area contributed by atoms with Gasteiger partial charge in [-0.25, -0.2) is 4.79 Å². The monoisotopic (exact) mass is 346 g/mol. The lowest BCUT2D eigenvalue weighted by Crippen LogP contribution is -2.30. The fourth-order valence-corrected chi connectivity index (χ4v) is 2.30. The van der Waals surface area contributed by atoms with Gasteiger partial charge in [0.25, 0.3) is 0 Å². The van der Waals surface area contributed by atoms with Gasteiger partial charge in [-0.3, -0.25) is 4.79 Å². The predicted octanol–water partition coefficient (Wildman–Crippen LogP) is 4.93. The van der Waals surface area contributed by atoms with E-state index in [1.807, 2.05) is 0 Å². The van der Waals surface area contributed by atoms with Gasteiger partial charge in [-0.05, 0) is 29.3 Å². The normalized spacial score (nSPS) is 13.6. The quantitative estimate of drug-likeness (QED) is 0.165. The van der Waals surface area contributed by atoms with Crippen LogP contribution in [0.5, 0.6) is 0 Å². The molecule has 0 aliphatic carbocycles. The molecule has 0 bridgehead atoms. The molecular weight excluding hydrogens is 320 g/mol. The number of aldehydes is 1. The number of unbranched alkanes of at least 4 members (excludes halogenated alkanes) is 7. The first-order chi connectivity index (χ1) is 9.45. The molecule has 0 heterocycles. The van der Waals surface area contributed by atoms with Crippen LogP contribution in [0, 0.1) is 0 Å². The van der Waals surface area contributed by atoms with Crippen molar-refractivity contribution in [3.05, 3.63) is 12.2 Å². The van der Waals surface area contributed by atoms with Crippen LogP contribution in [0.25, 0.3) is 0 Å².